The summed E-state index contributed by atoms with van der Waals surface area (Å²) in [5, 5.41) is -0.0327. The van der Waals surface area contributed by atoms with Crippen LogP contribution in [0.2, 0.25) is 5.02 Å². The number of carbonyl (C=O) groups excluding carboxylic acids is 1. The molecule has 5 nitrogen and oxygen atoms in total. The molecular formula is C24H14ClF3O5. The van der Waals surface area contributed by atoms with Gasteiger partial charge in [-0.3, -0.25) is 4.79 Å². The summed E-state index contributed by atoms with van der Waals surface area (Å²) < 4.78 is 56.5. The van der Waals surface area contributed by atoms with Crippen molar-refractivity contribution in [3.8, 4) is 17.2 Å². The summed E-state index contributed by atoms with van der Waals surface area (Å²) in [5.74, 6) is -3.49. The average Bonchev–Trinajstić information content (AvgIpc) is 2.76. The molecule has 0 aliphatic rings. The fourth-order valence-electron chi connectivity index (χ4n) is 3.01. The highest BCUT2D eigenvalue weighted by molar-refractivity contribution is 6.33. The van der Waals surface area contributed by atoms with Gasteiger partial charge in [-0.2, -0.15) is 13.2 Å². The number of halogens is 4. The third-order valence-electron chi connectivity index (χ3n) is 4.62. The van der Waals surface area contributed by atoms with Crippen LogP contribution in [0.3, 0.4) is 0 Å². The van der Waals surface area contributed by atoms with Crippen LogP contribution in [0, 0.1) is 6.92 Å². The Kier molecular flexibility index (Phi) is 5.86. The van der Waals surface area contributed by atoms with E-state index in [1.54, 1.807) is 31.2 Å². The highest BCUT2D eigenvalue weighted by atomic mass is 35.5. The van der Waals surface area contributed by atoms with Gasteiger partial charge in [-0.1, -0.05) is 41.4 Å². The summed E-state index contributed by atoms with van der Waals surface area (Å²) in [6, 6.07) is 15.7. The molecule has 9 heteroatoms. The minimum absolute atomic E-state index is 0.0445. The van der Waals surface area contributed by atoms with Crippen molar-refractivity contribution in [2.45, 2.75) is 13.1 Å². The topological polar surface area (TPSA) is 65.7 Å². The lowest BCUT2D eigenvalue weighted by molar-refractivity contribution is -0.154. The standard InChI is InChI=1S/C24H14ClF3O5/c1-13-6-8-14(9-7-13)31-21-20(29)17-11-10-15(12-19(17)33-22(21)24(26,27)28)32-23(30)16-4-2-3-5-18(16)25/h2-12H,1H3. The molecule has 0 spiro atoms. The molecule has 33 heavy (non-hydrogen) atoms. The van der Waals surface area contributed by atoms with Crippen molar-refractivity contribution in [3.05, 3.63) is 98.9 Å². The molecule has 0 atom stereocenters. The quantitative estimate of drug-likeness (QED) is 0.241. The molecule has 0 amide bonds. The molecule has 0 fully saturated rings. The number of hydrogen-bond donors (Lipinski definition) is 0. The summed E-state index contributed by atoms with van der Waals surface area (Å²) >= 11 is 5.97. The number of alkyl halides is 3. The number of fused-ring (bicyclic) bond motifs is 1. The van der Waals surface area contributed by atoms with Crippen molar-refractivity contribution in [1.29, 1.82) is 0 Å². The fourth-order valence-corrected chi connectivity index (χ4v) is 3.23. The van der Waals surface area contributed by atoms with Gasteiger partial charge in [-0.05, 0) is 43.3 Å². The molecule has 4 aromatic rings. The van der Waals surface area contributed by atoms with Crippen molar-refractivity contribution < 1.29 is 31.9 Å². The first-order chi connectivity index (χ1) is 15.6. The number of benzene rings is 3. The molecule has 0 radical (unpaired) electrons. The zero-order chi connectivity index (χ0) is 23.8. The highest BCUT2D eigenvalue weighted by Gasteiger charge is 2.40. The largest absolute Gasteiger partial charge is 0.453 e. The van der Waals surface area contributed by atoms with Crippen LogP contribution in [0.4, 0.5) is 13.2 Å². The Hall–Kier alpha value is -3.78. The van der Waals surface area contributed by atoms with Crippen LogP contribution in [-0.4, -0.2) is 5.97 Å². The lowest BCUT2D eigenvalue weighted by Gasteiger charge is -2.14. The van der Waals surface area contributed by atoms with E-state index in [1.165, 1.54) is 36.4 Å². The molecule has 0 N–H and O–H groups in total. The van der Waals surface area contributed by atoms with Gasteiger partial charge in [0.2, 0.25) is 11.2 Å². The van der Waals surface area contributed by atoms with E-state index >= 15 is 0 Å². The monoisotopic (exact) mass is 474 g/mol. The van der Waals surface area contributed by atoms with Gasteiger partial charge in [0.25, 0.3) is 5.76 Å². The molecule has 3 aromatic carbocycles. The Morgan fingerprint density at radius 3 is 2.30 bits per heavy atom. The molecule has 4 rings (SSSR count). The van der Waals surface area contributed by atoms with Crippen LogP contribution in [0.15, 0.2) is 75.9 Å². The summed E-state index contributed by atoms with van der Waals surface area (Å²) in [7, 11) is 0. The van der Waals surface area contributed by atoms with Crippen molar-refractivity contribution >= 4 is 28.5 Å². The third-order valence-corrected chi connectivity index (χ3v) is 4.95. The van der Waals surface area contributed by atoms with E-state index in [0.717, 1.165) is 11.6 Å². The molecule has 0 bridgehead atoms. The predicted molar refractivity (Wildman–Crippen MR) is 115 cm³/mol. The van der Waals surface area contributed by atoms with E-state index in [4.69, 9.17) is 25.5 Å². The van der Waals surface area contributed by atoms with E-state index < -0.39 is 34.7 Å². The molecule has 0 saturated heterocycles. The second kappa shape index (κ2) is 8.63. The average molecular weight is 475 g/mol. The lowest BCUT2D eigenvalue weighted by atomic mass is 10.2. The summed E-state index contributed by atoms with van der Waals surface area (Å²) in [5.41, 5.74) is -0.512. The first-order valence-corrected chi connectivity index (χ1v) is 9.90. The van der Waals surface area contributed by atoms with Crippen LogP contribution >= 0.6 is 11.6 Å². The smallest absolute Gasteiger partial charge is 0.449 e. The molecule has 0 unspecified atom stereocenters. The molecular weight excluding hydrogens is 461 g/mol. The minimum atomic E-state index is -5.02. The van der Waals surface area contributed by atoms with Gasteiger partial charge >= 0.3 is 12.1 Å². The van der Waals surface area contributed by atoms with Gasteiger partial charge in [-0.15, -0.1) is 0 Å². The molecule has 168 valence electrons. The fraction of sp³-hybridized carbons (Fsp3) is 0.0833. The number of hydrogen-bond acceptors (Lipinski definition) is 5. The van der Waals surface area contributed by atoms with Crippen LogP contribution in [0.5, 0.6) is 17.2 Å². The first kappa shape index (κ1) is 22.4. The molecule has 1 aromatic heterocycles. The van der Waals surface area contributed by atoms with Crippen LogP contribution in [0.1, 0.15) is 21.7 Å². The molecule has 0 aliphatic heterocycles. The van der Waals surface area contributed by atoms with Crippen LogP contribution in [-0.2, 0) is 6.18 Å². The van der Waals surface area contributed by atoms with Gasteiger partial charge in [-0.25, -0.2) is 4.79 Å². The van der Waals surface area contributed by atoms with Gasteiger partial charge in [0, 0.05) is 6.07 Å². The summed E-state index contributed by atoms with van der Waals surface area (Å²) in [6.45, 7) is 1.80. The van der Waals surface area contributed by atoms with Gasteiger partial charge in [0.15, 0.2) is 0 Å². The Labute approximate surface area is 189 Å². The zero-order valence-electron chi connectivity index (χ0n) is 16.9. The maximum atomic E-state index is 13.7. The number of rotatable bonds is 4. The number of carbonyl (C=O) groups is 1. The SMILES string of the molecule is Cc1ccc(Oc2c(C(F)(F)F)oc3cc(OC(=O)c4ccccc4Cl)ccc3c2=O)cc1. The normalized spacial score (nSPS) is 11.4. The predicted octanol–water partition coefficient (Wildman–Crippen LogP) is 6.79. The van der Waals surface area contributed by atoms with E-state index in [2.05, 4.69) is 0 Å². The second-order valence-electron chi connectivity index (χ2n) is 7.03. The van der Waals surface area contributed by atoms with E-state index in [-0.39, 0.29) is 27.5 Å². The Morgan fingerprint density at radius 1 is 0.970 bits per heavy atom. The summed E-state index contributed by atoms with van der Waals surface area (Å²) in [6.07, 6.45) is -5.02. The maximum Gasteiger partial charge on any atom is 0.453 e. The van der Waals surface area contributed by atoms with Gasteiger partial charge < -0.3 is 13.9 Å². The van der Waals surface area contributed by atoms with E-state index in [1.807, 2.05) is 0 Å². The van der Waals surface area contributed by atoms with Gasteiger partial charge in [0.05, 0.1) is 16.0 Å². The first-order valence-electron chi connectivity index (χ1n) is 9.53. The van der Waals surface area contributed by atoms with Crippen LogP contribution in [0.25, 0.3) is 11.0 Å². The van der Waals surface area contributed by atoms with Crippen molar-refractivity contribution in [1.82, 2.24) is 0 Å². The van der Waals surface area contributed by atoms with Gasteiger partial charge in [0.1, 0.15) is 17.1 Å². The zero-order valence-corrected chi connectivity index (χ0v) is 17.7. The Morgan fingerprint density at radius 2 is 1.64 bits per heavy atom. The Balaban J connectivity index is 1.76. The van der Waals surface area contributed by atoms with E-state index in [9.17, 15) is 22.8 Å². The molecule has 0 saturated carbocycles. The van der Waals surface area contributed by atoms with Crippen molar-refractivity contribution in [3.63, 3.8) is 0 Å². The van der Waals surface area contributed by atoms with Crippen molar-refractivity contribution in [2.24, 2.45) is 0 Å². The second-order valence-corrected chi connectivity index (χ2v) is 7.44. The van der Waals surface area contributed by atoms with Crippen LogP contribution < -0.4 is 14.9 Å². The lowest BCUT2D eigenvalue weighted by Crippen LogP contribution is -2.15. The van der Waals surface area contributed by atoms with Crippen molar-refractivity contribution in [2.75, 3.05) is 0 Å². The Bertz CT molecular complexity index is 1410. The molecule has 1 heterocycles. The third kappa shape index (κ3) is 4.70. The minimum Gasteiger partial charge on any atom is -0.449 e. The number of esters is 1. The van der Waals surface area contributed by atoms with E-state index in [0.29, 0.717) is 0 Å². The molecule has 0 aliphatic carbocycles. The number of ether oxygens (including phenoxy) is 2. The highest BCUT2D eigenvalue weighted by Crippen LogP contribution is 2.38. The summed E-state index contributed by atoms with van der Waals surface area (Å²) in [4.78, 5) is 25.2. The number of aryl methyl sites for hydroxylation is 1. The maximum absolute atomic E-state index is 13.7.